The molecule has 0 radical (unpaired) electrons. The van der Waals surface area contributed by atoms with Crippen molar-refractivity contribution in [3.63, 3.8) is 0 Å². The average molecular weight is 346 g/mol. The van der Waals surface area contributed by atoms with Gasteiger partial charge in [0, 0.05) is 11.1 Å². The minimum Gasteiger partial charge on any atom is -0.457 e. The molecule has 0 aliphatic carbocycles. The van der Waals surface area contributed by atoms with Crippen molar-refractivity contribution < 1.29 is 9.53 Å². The van der Waals surface area contributed by atoms with Crippen molar-refractivity contribution in [1.82, 2.24) is 4.98 Å². The van der Waals surface area contributed by atoms with Crippen LogP contribution in [-0.2, 0) is 11.3 Å². The van der Waals surface area contributed by atoms with Gasteiger partial charge in [-0.1, -0.05) is 42.1 Å². The number of aromatic nitrogens is 1. The average Bonchev–Trinajstić information content (AvgIpc) is 2.68. The highest BCUT2D eigenvalue weighted by Gasteiger charge is 2.15. The van der Waals surface area contributed by atoms with Crippen LogP contribution in [0.25, 0.3) is 0 Å². The molecule has 0 aliphatic heterocycles. The molecule has 3 aromatic rings. The normalized spacial score (nSPS) is 10.0. The summed E-state index contributed by atoms with van der Waals surface area (Å²) in [6.07, 6.45) is 1.66. The highest BCUT2D eigenvalue weighted by atomic mass is 32.2. The van der Waals surface area contributed by atoms with Crippen LogP contribution in [0.3, 0.4) is 0 Å². The SMILES string of the molecule is N#Cc1ccc(COC(=O)c2cccnc2Sc2ccccc2)cc1. The molecule has 2 aromatic carbocycles. The molecule has 0 N–H and O–H groups in total. The van der Waals surface area contributed by atoms with Gasteiger partial charge in [0.25, 0.3) is 0 Å². The van der Waals surface area contributed by atoms with Crippen molar-refractivity contribution in [2.75, 3.05) is 0 Å². The molecule has 0 bridgehead atoms. The van der Waals surface area contributed by atoms with Gasteiger partial charge in [0.1, 0.15) is 11.6 Å². The van der Waals surface area contributed by atoms with E-state index < -0.39 is 5.97 Å². The van der Waals surface area contributed by atoms with Crippen LogP contribution >= 0.6 is 11.8 Å². The van der Waals surface area contributed by atoms with Gasteiger partial charge in [0.05, 0.1) is 17.2 Å². The van der Waals surface area contributed by atoms with E-state index in [9.17, 15) is 4.79 Å². The van der Waals surface area contributed by atoms with E-state index in [2.05, 4.69) is 11.1 Å². The Labute approximate surface area is 150 Å². The number of benzene rings is 2. The molecule has 0 spiro atoms. The number of nitriles is 1. The Balaban J connectivity index is 1.70. The summed E-state index contributed by atoms with van der Waals surface area (Å²) in [5, 5.41) is 9.41. The molecule has 1 aromatic heterocycles. The molecular formula is C20H14N2O2S. The zero-order chi connectivity index (χ0) is 17.5. The second-order valence-electron chi connectivity index (χ2n) is 5.16. The fourth-order valence-electron chi connectivity index (χ4n) is 2.13. The summed E-state index contributed by atoms with van der Waals surface area (Å²) in [5.41, 5.74) is 1.84. The number of esters is 1. The van der Waals surface area contributed by atoms with Crippen LogP contribution in [0.1, 0.15) is 21.5 Å². The molecule has 4 nitrogen and oxygen atoms in total. The Hall–Kier alpha value is -3.10. The summed E-state index contributed by atoms with van der Waals surface area (Å²) < 4.78 is 5.39. The largest absolute Gasteiger partial charge is 0.457 e. The number of carbonyl (C=O) groups excluding carboxylic acids is 1. The minimum atomic E-state index is -0.420. The third-order valence-electron chi connectivity index (χ3n) is 3.40. The van der Waals surface area contributed by atoms with Crippen LogP contribution in [0.4, 0.5) is 0 Å². The molecule has 0 amide bonds. The van der Waals surface area contributed by atoms with Crippen LogP contribution in [0.15, 0.2) is 82.8 Å². The Bertz CT molecular complexity index is 903. The Morgan fingerprint density at radius 3 is 2.52 bits per heavy atom. The van der Waals surface area contributed by atoms with Crippen LogP contribution < -0.4 is 0 Å². The van der Waals surface area contributed by atoms with E-state index in [0.29, 0.717) is 16.2 Å². The van der Waals surface area contributed by atoms with E-state index in [-0.39, 0.29) is 6.61 Å². The first-order valence-electron chi connectivity index (χ1n) is 7.60. The van der Waals surface area contributed by atoms with Gasteiger partial charge in [-0.05, 0) is 42.0 Å². The lowest BCUT2D eigenvalue weighted by Crippen LogP contribution is -2.07. The van der Waals surface area contributed by atoms with E-state index in [1.54, 1.807) is 42.6 Å². The maximum atomic E-state index is 12.4. The molecule has 25 heavy (non-hydrogen) atoms. The van der Waals surface area contributed by atoms with Crippen molar-refractivity contribution >= 4 is 17.7 Å². The number of ether oxygens (including phenoxy) is 1. The molecule has 0 fully saturated rings. The predicted molar refractivity (Wildman–Crippen MR) is 95.1 cm³/mol. The lowest BCUT2D eigenvalue weighted by molar-refractivity contribution is 0.0467. The molecule has 0 saturated heterocycles. The Morgan fingerprint density at radius 1 is 1.04 bits per heavy atom. The van der Waals surface area contributed by atoms with Gasteiger partial charge >= 0.3 is 5.97 Å². The monoisotopic (exact) mass is 346 g/mol. The molecule has 1 heterocycles. The highest BCUT2D eigenvalue weighted by Crippen LogP contribution is 2.28. The maximum Gasteiger partial charge on any atom is 0.341 e. The number of rotatable bonds is 5. The van der Waals surface area contributed by atoms with Gasteiger partial charge in [0.15, 0.2) is 0 Å². The van der Waals surface area contributed by atoms with E-state index in [0.717, 1.165) is 10.5 Å². The van der Waals surface area contributed by atoms with Gasteiger partial charge in [-0.3, -0.25) is 0 Å². The summed E-state index contributed by atoms with van der Waals surface area (Å²) in [5.74, 6) is -0.420. The smallest absolute Gasteiger partial charge is 0.341 e. The quantitative estimate of drug-likeness (QED) is 0.638. The van der Waals surface area contributed by atoms with Gasteiger partial charge in [-0.15, -0.1) is 0 Å². The summed E-state index contributed by atoms with van der Waals surface area (Å²) in [7, 11) is 0. The summed E-state index contributed by atoms with van der Waals surface area (Å²) >= 11 is 1.42. The fourth-order valence-corrected chi connectivity index (χ4v) is 3.02. The lowest BCUT2D eigenvalue weighted by Gasteiger charge is -2.08. The van der Waals surface area contributed by atoms with E-state index in [1.807, 2.05) is 30.3 Å². The van der Waals surface area contributed by atoms with Gasteiger partial charge in [-0.2, -0.15) is 5.26 Å². The minimum absolute atomic E-state index is 0.148. The van der Waals surface area contributed by atoms with Gasteiger partial charge in [-0.25, -0.2) is 9.78 Å². The third-order valence-corrected chi connectivity index (χ3v) is 4.43. The molecule has 5 heteroatoms. The first-order valence-corrected chi connectivity index (χ1v) is 8.42. The number of pyridine rings is 1. The van der Waals surface area contributed by atoms with E-state index in [4.69, 9.17) is 10.00 Å². The number of carbonyl (C=O) groups is 1. The molecule has 0 atom stereocenters. The summed E-state index contributed by atoms with van der Waals surface area (Å²) in [4.78, 5) is 17.7. The van der Waals surface area contributed by atoms with Crippen molar-refractivity contribution in [2.45, 2.75) is 16.5 Å². The first-order chi connectivity index (χ1) is 12.3. The van der Waals surface area contributed by atoms with Crippen molar-refractivity contribution in [2.24, 2.45) is 0 Å². The second kappa shape index (κ2) is 8.13. The lowest BCUT2D eigenvalue weighted by atomic mass is 10.1. The topological polar surface area (TPSA) is 63.0 Å². The zero-order valence-electron chi connectivity index (χ0n) is 13.3. The van der Waals surface area contributed by atoms with E-state index in [1.165, 1.54) is 11.8 Å². The summed E-state index contributed by atoms with van der Waals surface area (Å²) in [6, 6.07) is 22.2. The van der Waals surface area contributed by atoms with Gasteiger partial charge < -0.3 is 4.74 Å². The number of nitrogens with zero attached hydrogens (tertiary/aromatic N) is 2. The van der Waals surface area contributed by atoms with E-state index >= 15 is 0 Å². The fraction of sp³-hybridized carbons (Fsp3) is 0.0500. The van der Waals surface area contributed by atoms with Crippen LogP contribution in [0.2, 0.25) is 0 Å². The second-order valence-corrected chi connectivity index (χ2v) is 6.22. The molecular weight excluding hydrogens is 332 g/mol. The Kier molecular flexibility index (Phi) is 5.45. The van der Waals surface area contributed by atoms with Crippen LogP contribution in [0.5, 0.6) is 0 Å². The van der Waals surface area contributed by atoms with Crippen molar-refractivity contribution in [1.29, 1.82) is 5.26 Å². The highest BCUT2D eigenvalue weighted by molar-refractivity contribution is 7.99. The summed E-state index contributed by atoms with van der Waals surface area (Å²) in [6.45, 7) is 0.148. The van der Waals surface area contributed by atoms with Crippen molar-refractivity contribution in [3.8, 4) is 6.07 Å². The van der Waals surface area contributed by atoms with Crippen molar-refractivity contribution in [3.05, 3.63) is 89.6 Å². The molecule has 122 valence electrons. The van der Waals surface area contributed by atoms with Gasteiger partial charge in [0.2, 0.25) is 0 Å². The van der Waals surface area contributed by atoms with Crippen LogP contribution in [-0.4, -0.2) is 11.0 Å². The molecule has 0 unspecified atom stereocenters. The standard InChI is InChI=1S/C20H14N2O2S/c21-13-15-8-10-16(11-9-15)14-24-20(23)18-7-4-12-22-19(18)25-17-5-2-1-3-6-17/h1-12H,14H2. The van der Waals surface area contributed by atoms with Crippen LogP contribution in [0, 0.1) is 11.3 Å². The Morgan fingerprint density at radius 2 is 1.80 bits per heavy atom. The third kappa shape index (κ3) is 4.46. The number of hydrogen-bond acceptors (Lipinski definition) is 5. The molecule has 0 aliphatic rings. The first kappa shape index (κ1) is 16.7. The zero-order valence-corrected chi connectivity index (χ0v) is 14.1. The maximum absolute atomic E-state index is 12.4. The number of hydrogen-bond donors (Lipinski definition) is 0. The molecule has 0 saturated carbocycles. The molecule has 3 rings (SSSR count). The predicted octanol–water partition coefficient (Wildman–Crippen LogP) is 4.46.